The third-order valence-corrected chi connectivity index (χ3v) is 2.93. The zero-order valence-electron chi connectivity index (χ0n) is 6.29. The Kier molecular flexibility index (Phi) is 1.40. The first kappa shape index (κ1) is 6.21. The lowest BCUT2D eigenvalue weighted by Crippen LogP contribution is -2.25. The van der Waals surface area contributed by atoms with Crippen molar-refractivity contribution in [3.05, 3.63) is 24.8 Å². The Bertz CT molecular complexity index is 167. The van der Waals surface area contributed by atoms with Crippen LogP contribution in [0.4, 0.5) is 0 Å². The molecular formula is C10H14. The molecule has 0 radical (unpaired) electrons. The molecule has 0 heteroatoms. The zero-order chi connectivity index (χ0) is 6.97. The van der Waals surface area contributed by atoms with Crippen molar-refractivity contribution in [2.45, 2.75) is 19.3 Å². The number of rotatable bonds is 1. The molecule has 10 heavy (non-hydrogen) atoms. The van der Waals surface area contributed by atoms with Crippen LogP contribution in [-0.2, 0) is 0 Å². The minimum Gasteiger partial charge on any atom is -0.103 e. The van der Waals surface area contributed by atoms with Gasteiger partial charge in [-0.1, -0.05) is 18.2 Å². The number of allylic oxidation sites excluding steroid dienone is 3. The van der Waals surface area contributed by atoms with E-state index in [9.17, 15) is 0 Å². The molecule has 3 aliphatic carbocycles. The summed E-state index contributed by atoms with van der Waals surface area (Å²) in [6.07, 6.45) is 11.1. The van der Waals surface area contributed by atoms with Crippen LogP contribution in [-0.4, -0.2) is 0 Å². The van der Waals surface area contributed by atoms with E-state index in [0.717, 1.165) is 17.8 Å². The lowest BCUT2D eigenvalue weighted by Gasteiger charge is -2.36. The Hall–Kier alpha value is -0.520. The highest BCUT2D eigenvalue weighted by Gasteiger charge is 2.29. The molecule has 0 amide bonds. The van der Waals surface area contributed by atoms with Crippen molar-refractivity contribution < 1.29 is 0 Å². The molecule has 0 N–H and O–H groups in total. The molecule has 0 aromatic carbocycles. The van der Waals surface area contributed by atoms with E-state index in [1.54, 1.807) is 0 Å². The van der Waals surface area contributed by atoms with Crippen LogP contribution in [0.15, 0.2) is 24.8 Å². The summed E-state index contributed by atoms with van der Waals surface area (Å²) < 4.78 is 0. The molecule has 0 saturated heterocycles. The predicted octanol–water partition coefficient (Wildman–Crippen LogP) is 2.77. The fourth-order valence-corrected chi connectivity index (χ4v) is 2.25. The first-order chi connectivity index (χ1) is 4.90. The summed E-state index contributed by atoms with van der Waals surface area (Å²) in [7, 11) is 0. The summed E-state index contributed by atoms with van der Waals surface area (Å²) in [5, 5.41) is 0. The lowest BCUT2D eigenvalue weighted by atomic mass is 9.69. The second-order valence-electron chi connectivity index (χ2n) is 3.52. The molecule has 0 aromatic heterocycles. The van der Waals surface area contributed by atoms with E-state index >= 15 is 0 Å². The molecule has 1 saturated carbocycles. The van der Waals surface area contributed by atoms with Gasteiger partial charge in [0.2, 0.25) is 0 Å². The Morgan fingerprint density at radius 2 is 2.20 bits per heavy atom. The van der Waals surface area contributed by atoms with Gasteiger partial charge in [-0.3, -0.25) is 0 Å². The Morgan fingerprint density at radius 1 is 1.30 bits per heavy atom. The molecular weight excluding hydrogens is 120 g/mol. The maximum Gasteiger partial charge on any atom is -0.0168 e. The molecule has 0 unspecified atom stereocenters. The van der Waals surface area contributed by atoms with Crippen LogP contribution in [0.3, 0.4) is 0 Å². The van der Waals surface area contributed by atoms with Gasteiger partial charge in [-0.2, -0.15) is 0 Å². The van der Waals surface area contributed by atoms with Gasteiger partial charge in [0.15, 0.2) is 0 Å². The van der Waals surface area contributed by atoms with Gasteiger partial charge in [0.25, 0.3) is 0 Å². The van der Waals surface area contributed by atoms with E-state index in [-0.39, 0.29) is 0 Å². The van der Waals surface area contributed by atoms with E-state index < -0.39 is 0 Å². The van der Waals surface area contributed by atoms with Crippen molar-refractivity contribution in [2.75, 3.05) is 0 Å². The molecule has 0 heterocycles. The second kappa shape index (κ2) is 2.26. The summed E-state index contributed by atoms with van der Waals surface area (Å²) >= 11 is 0. The fourth-order valence-electron chi connectivity index (χ4n) is 2.25. The summed E-state index contributed by atoms with van der Waals surface area (Å²) in [5.41, 5.74) is 0. The molecule has 3 aliphatic rings. The van der Waals surface area contributed by atoms with Gasteiger partial charge in [-0.15, -0.1) is 6.58 Å². The van der Waals surface area contributed by atoms with Crippen LogP contribution < -0.4 is 0 Å². The molecule has 54 valence electrons. The molecule has 3 rings (SSSR count). The highest BCUT2D eigenvalue weighted by Crippen LogP contribution is 2.40. The number of hydrogen-bond acceptors (Lipinski definition) is 0. The van der Waals surface area contributed by atoms with Crippen LogP contribution >= 0.6 is 0 Å². The molecule has 0 aliphatic heterocycles. The number of hydrogen-bond donors (Lipinski definition) is 0. The molecule has 0 nitrogen and oxygen atoms in total. The summed E-state index contributed by atoms with van der Waals surface area (Å²) in [5.74, 6) is 2.51. The van der Waals surface area contributed by atoms with Crippen molar-refractivity contribution in [2.24, 2.45) is 17.8 Å². The van der Waals surface area contributed by atoms with Gasteiger partial charge in [0.05, 0.1) is 0 Å². The van der Waals surface area contributed by atoms with Crippen LogP contribution in [0.1, 0.15) is 19.3 Å². The normalized spacial score (nSPS) is 43.8. The Balaban J connectivity index is 2.18. The standard InChI is InChI=1S/C10H14/c1-2-9-7-8-3-5-10(9)6-4-8/h2-3,5,8-10H,1,4,6-7H2/t8-,9+,10+/m0/s1. The predicted molar refractivity (Wildman–Crippen MR) is 43.7 cm³/mol. The largest absolute Gasteiger partial charge is 0.103 e. The minimum atomic E-state index is 0.795. The topological polar surface area (TPSA) is 0 Å². The average Bonchev–Trinajstić information content (AvgIpc) is 2.06. The average molecular weight is 134 g/mol. The Morgan fingerprint density at radius 3 is 2.50 bits per heavy atom. The molecule has 0 spiro atoms. The third kappa shape index (κ3) is 0.828. The quantitative estimate of drug-likeness (QED) is 0.484. The van der Waals surface area contributed by atoms with Gasteiger partial charge in [0, 0.05) is 0 Å². The van der Waals surface area contributed by atoms with Gasteiger partial charge >= 0.3 is 0 Å². The molecule has 1 fully saturated rings. The van der Waals surface area contributed by atoms with Gasteiger partial charge in [-0.25, -0.2) is 0 Å². The lowest BCUT2D eigenvalue weighted by molar-refractivity contribution is 0.263. The SMILES string of the molecule is C=C[C@@H]1C[C@H]2C=C[C@@H]1CC2. The first-order valence-corrected chi connectivity index (χ1v) is 4.21. The Labute approximate surface area is 62.6 Å². The van der Waals surface area contributed by atoms with E-state index in [1.807, 2.05) is 0 Å². The summed E-state index contributed by atoms with van der Waals surface area (Å²) in [6.45, 7) is 3.87. The smallest absolute Gasteiger partial charge is 0.0168 e. The van der Waals surface area contributed by atoms with Gasteiger partial charge < -0.3 is 0 Å². The van der Waals surface area contributed by atoms with E-state index in [4.69, 9.17) is 0 Å². The highest BCUT2D eigenvalue weighted by molar-refractivity contribution is 5.09. The van der Waals surface area contributed by atoms with Crippen molar-refractivity contribution in [3.63, 3.8) is 0 Å². The van der Waals surface area contributed by atoms with E-state index in [0.29, 0.717) is 0 Å². The van der Waals surface area contributed by atoms with Crippen molar-refractivity contribution in [1.29, 1.82) is 0 Å². The van der Waals surface area contributed by atoms with Crippen molar-refractivity contribution in [3.8, 4) is 0 Å². The monoisotopic (exact) mass is 134 g/mol. The maximum atomic E-state index is 3.87. The summed E-state index contributed by atoms with van der Waals surface area (Å²) in [6, 6.07) is 0. The molecule has 2 bridgehead atoms. The van der Waals surface area contributed by atoms with Crippen molar-refractivity contribution >= 4 is 0 Å². The minimum absolute atomic E-state index is 0.795. The van der Waals surface area contributed by atoms with Crippen LogP contribution in [0, 0.1) is 17.8 Å². The maximum absolute atomic E-state index is 3.87. The van der Waals surface area contributed by atoms with E-state index in [1.165, 1.54) is 19.3 Å². The molecule has 0 aromatic rings. The van der Waals surface area contributed by atoms with Crippen LogP contribution in [0.2, 0.25) is 0 Å². The van der Waals surface area contributed by atoms with Crippen LogP contribution in [0.5, 0.6) is 0 Å². The highest BCUT2D eigenvalue weighted by atomic mass is 14.3. The third-order valence-electron chi connectivity index (χ3n) is 2.93. The number of fused-ring (bicyclic) bond motifs is 2. The fraction of sp³-hybridized carbons (Fsp3) is 0.600. The zero-order valence-corrected chi connectivity index (χ0v) is 6.29. The van der Waals surface area contributed by atoms with E-state index in [2.05, 4.69) is 24.8 Å². The van der Waals surface area contributed by atoms with Gasteiger partial charge in [-0.05, 0) is 37.0 Å². The second-order valence-corrected chi connectivity index (χ2v) is 3.52. The van der Waals surface area contributed by atoms with Gasteiger partial charge in [0.1, 0.15) is 0 Å². The molecule has 3 atom stereocenters. The first-order valence-electron chi connectivity index (χ1n) is 4.21. The van der Waals surface area contributed by atoms with Crippen molar-refractivity contribution in [1.82, 2.24) is 0 Å². The summed E-state index contributed by atoms with van der Waals surface area (Å²) in [4.78, 5) is 0. The van der Waals surface area contributed by atoms with Crippen LogP contribution in [0.25, 0.3) is 0 Å².